The second-order valence-electron chi connectivity index (χ2n) is 6.19. The molecule has 0 unspecified atom stereocenters. The van der Waals surface area contributed by atoms with E-state index in [1.165, 1.54) is 12.1 Å². The topological polar surface area (TPSA) is 41.9 Å². The molecule has 0 atom stereocenters. The fourth-order valence-corrected chi connectivity index (χ4v) is 3.40. The first-order valence-corrected chi connectivity index (χ1v) is 8.07. The van der Waals surface area contributed by atoms with Crippen molar-refractivity contribution < 1.29 is 8.78 Å². The monoisotopic (exact) mass is 346 g/mol. The van der Waals surface area contributed by atoms with Crippen molar-refractivity contribution >= 4 is 22.4 Å². The van der Waals surface area contributed by atoms with Crippen LogP contribution in [0.3, 0.4) is 0 Å². The highest BCUT2D eigenvalue weighted by Crippen LogP contribution is 2.50. The Labute approximate surface area is 147 Å². The minimum absolute atomic E-state index is 0.494. The van der Waals surface area contributed by atoms with Crippen LogP contribution in [0.4, 0.5) is 20.3 Å². The van der Waals surface area contributed by atoms with Crippen molar-refractivity contribution in [1.29, 1.82) is 0 Å². The second kappa shape index (κ2) is 5.29. The highest BCUT2D eigenvalue weighted by molar-refractivity contribution is 6.15. The number of rotatable bonds is 2. The minimum Gasteiger partial charge on any atom is -0.328 e. The Hall–Kier alpha value is -3.41. The number of benzene rings is 2. The Morgan fingerprint density at radius 2 is 1.73 bits per heavy atom. The van der Waals surface area contributed by atoms with Crippen LogP contribution < -0.4 is 4.90 Å². The summed E-state index contributed by atoms with van der Waals surface area (Å²) in [6, 6.07) is 11.0. The van der Waals surface area contributed by atoms with Gasteiger partial charge in [0.2, 0.25) is 0 Å². The zero-order valence-electron chi connectivity index (χ0n) is 13.7. The van der Waals surface area contributed by atoms with Gasteiger partial charge in [-0.3, -0.25) is 4.98 Å². The third kappa shape index (κ3) is 2.08. The molecule has 0 aliphatic carbocycles. The molecule has 6 heteroatoms. The molecular formula is C20H12F2N4. The van der Waals surface area contributed by atoms with E-state index < -0.39 is 11.6 Å². The predicted molar refractivity (Wildman–Crippen MR) is 96.2 cm³/mol. The van der Waals surface area contributed by atoms with Gasteiger partial charge < -0.3 is 4.90 Å². The Morgan fingerprint density at radius 1 is 0.923 bits per heavy atom. The van der Waals surface area contributed by atoms with Gasteiger partial charge in [-0.05, 0) is 35.9 Å². The molecule has 0 amide bonds. The van der Waals surface area contributed by atoms with Crippen LogP contribution in [-0.2, 0) is 0 Å². The van der Waals surface area contributed by atoms with Crippen LogP contribution in [0.2, 0.25) is 0 Å². The molecule has 1 aliphatic heterocycles. The van der Waals surface area contributed by atoms with Gasteiger partial charge >= 0.3 is 0 Å². The van der Waals surface area contributed by atoms with Gasteiger partial charge in [-0.15, -0.1) is 0 Å². The lowest BCUT2D eigenvalue weighted by Crippen LogP contribution is -2.22. The summed E-state index contributed by atoms with van der Waals surface area (Å²) in [5.74, 6) is 0.195. The van der Waals surface area contributed by atoms with E-state index in [4.69, 9.17) is 0 Å². The van der Waals surface area contributed by atoms with Crippen LogP contribution in [0.5, 0.6) is 0 Å². The molecule has 2 aromatic heterocycles. The number of aromatic nitrogens is 3. The summed E-state index contributed by atoms with van der Waals surface area (Å²) in [5, 5.41) is 0.905. The predicted octanol–water partition coefficient (Wildman–Crippen LogP) is 4.72. The molecule has 26 heavy (non-hydrogen) atoms. The maximum absolute atomic E-state index is 13.6. The van der Waals surface area contributed by atoms with E-state index in [-0.39, 0.29) is 0 Å². The summed E-state index contributed by atoms with van der Waals surface area (Å²) in [6.45, 7) is 0. The van der Waals surface area contributed by atoms with Gasteiger partial charge in [-0.25, -0.2) is 18.7 Å². The molecule has 0 saturated heterocycles. The molecule has 4 aromatic rings. The summed E-state index contributed by atoms with van der Waals surface area (Å²) in [5.41, 5.74) is 3.75. The number of hydrogen-bond acceptors (Lipinski definition) is 4. The van der Waals surface area contributed by atoms with Crippen molar-refractivity contribution in [1.82, 2.24) is 15.0 Å². The first-order valence-electron chi connectivity index (χ1n) is 8.07. The van der Waals surface area contributed by atoms with Crippen molar-refractivity contribution in [2.24, 2.45) is 0 Å². The number of halogens is 2. The summed E-state index contributed by atoms with van der Waals surface area (Å²) in [6.07, 6.45) is 3.42. The number of nitrogens with zero attached hydrogens (tertiary/aromatic N) is 4. The lowest BCUT2D eigenvalue weighted by Gasteiger charge is -2.33. The fraction of sp³-hybridized carbons (Fsp3) is 0.0500. The van der Waals surface area contributed by atoms with Crippen molar-refractivity contribution in [3.05, 3.63) is 66.5 Å². The fourth-order valence-electron chi connectivity index (χ4n) is 3.40. The average molecular weight is 346 g/mol. The maximum Gasteiger partial charge on any atom is 0.163 e. The van der Waals surface area contributed by atoms with Gasteiger partial charge in [0.15, 0.2) is 5.82 Å². The Morgan fingerprint density at radius 3 is 2.46 bits per heavy atom. The van der Waals surface area contributed by atoms with Crippen molar-refractivity contribution in [2.75, 3.05) is 11.9 Å². The van der Waals surface area contributed by atoms with Gasteiger partial charge in [-0.1, -0.05) is 6.07 Å². The number of pyridine rings is 1. The highest BCUT2D eigenvalue weighted by Gasteiger charge is 2.30. The van der Waals surface area contributed by atoms with E-state index in [9.17, 15) is 8.78 Å². The second-order valence-corrected chi connectivity index (χ2v) is 6.19. The standard InChI is InChI=1S/C20H12F2N4/c1-26-18-15(12-7-13(21)9-14(22)8-12)4-5-16-17(18)20(26)25-19(24-16)11-3-2-6-23-10-11/h2-10H,1H3. The van der Waals surface area contributed by atoms with E-state index in [1.807, 2.05) is 36.2 Å². The molecular weight excluding hydrogens is 334 g/mol. The van der Waals surface area contributed by atoms with Crippen molar-refractivity contribution in [3.63, 3.8) is 0 Å². The zero-order valence-corrected chi connectivity index (χ0v) is 13.7. The van der Waals surface area contributed by atoms with Crippen LogP contribution in [-0.4, -0.2) is 22.0 Å². The lowest BCUT2D eigenvalue weighted by molar-refractivity contribution is 0.584. The van der Waals surface area contributed by atoms with Crippen LogP contribution in [0.1, 0.15) is 0 Å². The molecule has 1 aliphatic rings. The van der Waals surface area contributed by atoms with Crippen LogP contribution >= 0.6 is 0 Å². The first-order chi connectivity index (χ1) is 12.6. The van der Waals surface area contributed by atoms with Gasteiger partial charge in [0.05, 0.1) is 16.6 Å². The van der Waals surface area contributed by atoms with E-state index in [0.717, 1.165) is 39.6 Å². The quantitative estimate of drug-likeness (QED) is 0.527. The average Bonchev–Trinajstić information content (AvgIpc) is 2.65. The first kappa shape index (κ1) is 14.9. The van der Waals surface area contributed by atoms with Crippen LogP contribution in [0, 0.1) is 11.6 Å². The molecule has 0 fully saturated rings. The smallest absolute Gasteiger partial charge is 0.163 e. The molecule has 5 rings (SSSR count). The lowest BCUT2D eigenvalue weighted by atomic mass is 9.95. The van der Waals surface area contributed by atoms with Crippen molar-refractivity contribution in [2.45, 2.75) is 0 Å². The minimum atomic E-state index is -0.599. The summed E-state index contributed by atoms with van der Waals surface area (Å²) >= 11 is 0. The molecule has 0 radical (unpaired) electrons. The van der Waals surface area contributed by atoms with Gasteiger partial charge in [0.25, 0.3) is 0 Å². The van der Waals surface area contributed by atoms with Gasteiger partial charge in [-0.2, -0.15) is 0 Å². The Balaban J connectivity index is 1.72. The molecule has 126 valence electrons. The van der Waals surface area contributed by atoms with E-state index in [2.05, 4.69) is 15.0 Å². The van der Waals surface area contributed by atoms with E-state index >= 15 is 0 Å². The summed E-state index contributed by atoms with van der Waals surface area (Å²) in [7, 11) is 1.89. The third-order valence-electron chi connectivity index (χ3n) is 4.56. The highest BCUT2D eigenvalue weighted by atomic mass is 19.1. The number of hydrogen-bond donors (Lipinski definition) is 0. The molecule has 3 heterocycles. The Kier molecular flexibility index (Phi) is 3.03. The van der Waals surface area contributed by atoms with E-state index in [0.29, 0.717) is 11.4 Å². The molecule has 0 saturated carbocycles. The molecule has 0 bridgehead atoms. The third-order valence-corrected chi connectivity index (χ3v) is 4.56. The summed E-state index contributed by atoms with van der Waals surface area (Å²) < 4.78 is 27.3. The molecule has 0 N–H and O–H groups in total. The van der Waals surface area contributed by atoms with Gasteiger partial charge in [0.1, 0.15) is 17.5 Å². The van der Waals surface area contributed by atoms with Crippen LogP contribution in [0.15, 0.2) is 54.9 Å². The van der Waals surface area contributed by atoms with Gasteiger partial charge in [0, 0.05) is 36.6 Å². The summed E-state index contributed by atoms with van der Waals surface area (Å²) in [4.78, 5) is 15.3. The molecule has 0 spiro atoms. The van der Waals surface area contributed by atoms with Crippen molar-refractivity contribution in [3.8, 4) is 22.5 Å². The largest absolute Gasteiger partial charge is 0.328 e. The van der Waals surface area contributed by atoms with E-state index in [1.54, 1.807) is 12.4 Å². The van der Waals surface area contributed by atoms with Crippen LogP contribution in [0.25, 0.3) is 33.4 Å². The number of anilines is 2. The normalized spacial score (nSPS) is 12.3. The zero-order chi connectivity index (χ0) is 17.8. The Bertz CT molecular complexity index is 1160. The molecule has 4 nitrogen and oxygen atoms in total. The molecule has 2 aromatic carbocycles. The maximum atomic E-state index is 13.6. The SMILES string of the molecule is CN1c2nc(-c3cccnc3)nc3ccc(-c4cc(F)cc(F)c4)c1c23.